The maximum absolute atomic E-state index is 13.4. The third kappa shape index (κ3) is 3.28. The summed E-state index contributed by atoms with van der Waals surface area (Å²) in [6, 6.07) is 6.55. The van der Waals surface area contributed by atoms with E-state index in [9.17, 15) is 9.18 Å². The Morgan fingerprint density at radius 1 is 1.40 bits per heavy atom. The molecular formula is C14H14FN3O2. The highest BCUT2D eigenvalue weighted by Crippen LogP contribution is 2.09. The third-order valence-corrected chi connectivity index (χ3v) is 2.85. The van der Waals surface area contributed by atoms with Crippen LogP contribution in [0.5, 0.6) is 0 Å². The number of aromatic nitrogens is 2. The number of nitrogens with one attached hydrogen (secondary N) is 1. The van der Waals surface area contributed by atoms with Crippen LogP contribution in [-0.2, 0) is 6.42 Å². The van der Waals surface area contributed by atoms with Crippen LogP contribution >= 0.6 is 0 Å². The molecule has 0 saturated carbocycles. The predicted octanol–water partition coefficient (Wildman–Crippen LogP) is 2.28. The molecule has 0 aliphatic rings. The van der Waals surface area contributed by atoms with Gasteiger partial charge in [-0.15, -0.1) is 0 Å². The average Bonchev–Trinajstić information content (AvgIpc) is 2.40. The summed E-state index contributed by atoms with van der Waals surface area (Å²) in [6.07, 6.45) is 1.76. The molecule has 0 bridgehead atoms. The van der Waals surface area contributed by atoms with Crippen LogP contribution in [0.1, 0.15) is 21.6 Å². The van der Waals surface area contributed by atoms with Crippen LogP contribution in [-0.4, -0.2) is 27.6 Å². The van der Waals surface area contributed by atoms with Crippen molar-refractivity contribution in [3.63, 3.8) is 0 Å². The van der Waals surface area contributed by atoms with E-state index in [1.54, 1.807) is 25.1 Å². The van der Waals surface area contributed by atoms with Crippen molar-refractivity contribution in [3.8, 4) is 0 Å². The molecule has 0 unspecified atom stereocenters. The molecular weight excluding hydrogens is 261 g/mol. The highest BCUT2D eigenvalue weighted by atomic mass is 19.1. The molecule has 2 aromatic rings. The molecule has 20 heavy (non-hydrogen) atoms. The van der Waals surface area contributed by atoms with Gasteiger partial charge in [0.25, 0.3) is 0 Å². The van der Waals surface area contributed by atoms with Gasteiger partial charge in [-0.05, 0) is 25.0 Å². The van der Waals surface area contributed by atoms with Crippen molar-refractivity contribution in [2.75, 3.05) is 11.9 Å². The van der Waals surface area contributed by atoms with Crippen molar-refractivity contribution in [2.45, 2.75) is 13.3 Å². The first-order valence-corrected chi connectivity index (χ1v) is 6.12. The minimum absolute atomic E-state index is 0.0738. The number of rotatable bonds is 5. The normalized spacial score (nSPS) is 10.3. The molecule has 0 saturated heterocycles. The van der Waals surface area contributed by atoms with E-state index < -0.39 is 5.97 Å². The van der Waals surface area contributed by atoms with Gasteiger partial charge in [-0.3, -0.25) is 0 Å². The van der Waals surface area contributed by atoms with Gasteiger partial charge in [-0.2, -0.15) is 0 Å². The topological polar surface area (TPSA) is 75.1 Å². The monoisotopic (exact) mass is 275 g/mol. The van der Waals surface area contributed by atoms with E-state index in [-0.39, 0.29) is 11.4 Å². The van der Waals surface area contributed by atoms with E-state index in [4.69, 9.17) is 5.11 Å². The van der Waals surface area contributed by atoms with Gasteiger partial charge in [-0.25, -0.2) is 19.2 Å². The molecule has 0 spiro atoms. The van der Waals surface area contributed by atoms with E-state index in [2.05, 4.69) is 15.3 Å². The predicted molar refractivity (Wildman–Crippen MR) is 72.3 cm³/mol. The number of hydrogen-bond acceptors (Lipinski definition) is 4. The second kappa shape index (κ2) is 6.10. The van der Waals surface area contributed by atoms with Gasteiger partial charge in [-0.1, -0.05) is 18.2 Å². The average molecular weight is 275 g/mol. The number of aromatic carboxylic acids is 1. The summed E-state index contributed by atoms with van der Waals surface area (Å²) in [5, 5.41) is 11.8. The van der Waals surface area contributed by atoms with Crippen LogP contribution in [0.4, 0.5) is 10.3 Å². The van der Waals surface area contributed by atoms with E-state index in [1.807, 2.05) is 0 Å². The number of aryl methyl sites for hydroxylation is 1. The fraction of sp³-hybridized carbons (Fsp3) is 0.214. The van der Waals surface area contributed by atoms with Crippen LogP contribution < -0.4 is 5.32 Å². The van der Waals surface area contributed by atoms with Gasteiger partial charge in [0.2, 0.25) is 5.95 Å². The molecule has 6 heteroatoms. The second-order valence-corrected chi connectivity index (χ2v) is 4.27. The number of nitrogens with zero attached hydrogens (tertiary/aromatic N) is 2. The van der Waals surface area contributed by atoms with Crippen molar-refractivity contribution in [3.05, 3.63) is 53.1 Å². The fourth-order valence-electron chi connectivity index (χ4n) is 1.77. The Morgan fingerprint density at radius 3 is 2.80 bits per heavy atom. The number of carboxylic acids is 1. The van der Waals surface area contributed by atoms with Gasteiger partial charge in [0.05, 0.1) is 11.3 Å². The number of carboxylic acid groups (broad SMARTS) is 1. The van der Waals surface area contributed by atoms with Crippen LogP contribution in [0.2, 0.25) is 0 Å². The minimum atomic E-state index is -1.06. The molecule has 0 aliphatic carbocycles. The fourth-order valence-corrected chi connectivity index (χ4v) is 1.77. The summed E-state index contributed by atoms with van der Waals surface area (Å²) in [5.41, 5.74) is 1.07. The molecule has 1 aromatic heterocycles. The number of carbonyl (C=O) groups is 1. The van der Waals surface area contributed by atoms with Crippen LogP contribution in [0.25, 0.3) is 0 Å². The van der Waals surface area contributed by atoms with Gasteiger partial charge >= 0.3 is 5.97 Å². The lowest BCUT2D eigenvalue weighted by Crippen LogP contribution is -2.11. The molecule has 0 fully saturated rings. The molecule has 1 aromatic carbocycles. The van der Waals surface area contributed by atoms with Crippen molar-refractivity contribution in [2.24, 2.45) is 0 Å². The number of anilines is 1. The van der Waals surface area contributed by atoms with Crippen molar-refractivity contribution in [1.82, 2.24) is 9.97 Å². The lowest BCUT2D eigenvalue weighted by atomic mass is 10.1. The standard InChI is InChI=1S/C14H14FN3O2/c1-9-11(13(19)20)8-17-14(18-9)16-7-6-10-4-2-3-5-12(10)15/h2-5,8H,6-7H2,1H3,(H,19,20)(H,16,17,18). The Hall–Kier alpha value is -2.50. The van der Waals surface area contributed by atoms with E-state index in [0.717, 1.165) is 0 Å². The highest BCUT2D eigenvalue weighted by Gasteiger charge is 2.09. The molecule has 0 radical (unpaired) electrons. The van der Waals surface area contributed by atoms with Gasteiger partial charge < -0.3 is 10.4 Å². The van der Waals surface area contributed by atoms with Gasteiger partial charge in [0, 0.05) is 12.7 Å². The zero-order valence-corrected chi connectivity index (χ0v) is 10.9. The van der Waals surface area contributed by atoms with Crippen molar-refractivity contribution < 1.29 is 14.3 Å². The zero-order valence-electron chi connectivity index (χ0n) is 10.9. The number of hydrogen-bond donors (Lipinski definition) is 2. The van der Waals surface area contributed by atoms with Gasteiger partial charge in [0.15, 0.2) is 0 Å². The molecule has 0 aliphatic heterocycles. The molecule has 0 amide bonds. The first kappa shape index (κ1) is 13.9. The first-order chi connectivity index (χ1) is 9.58. The summed E-state index contributed by atoms with van der Waals surface area (Å²) in [5.74, 6) is -0.961. The summed E-state index contributed by atoms with van der Waals surface area (Å²) >= 11 is 0. The summed E-state index contributed by atoms with van der Waals surface area (Å²) in [4.78, 5) is 18.8. The SMILES string of the molecule is Cc1nc(NCCc2ccccc2F)ncc1C(=O)O. The lowest BCUT2D eigenvalue weighted by Gasteiger charge is -2.07. The second-order valence-electron chi connectivity index (χ2n) is 4.27. The van der Waals surface area contributed by atoms with Gasteiger partial charge in [0.1, 0.15) is 5.82 Å². The maximum Gasteiger partial charge on any atom is 0.339 e. The van der Waals surface area contributed by atoms with Crippen LogP contribution in [0, 0.1) is 12.7 Å². The Balaban J connectivity index is 1.97. The van der Waals surface area contributed by atoms with E-state index in [1.165, 1.54) is 12.3 Å². The minimum Gasteiger partial charge on any atom is -0.478 e. The Bertz CT molecular complexity index is 632. The molecule has 5 nitrogen and oxygen atoms in total. The van der Waals surface area contributed by atoms with Crippen molar-refractivity contribution in [1.29, 1.82) is 0 Å². The van der Waals surface area contributed by atoms with Crippen molar-refractivity contribution >= 4 is 11.9 Å². The number of benzene rings is 1. The van der Waals surface area contributed by atoms with E-state index >= 15 is 0 Å². The lowest BCUT2D eigenvalue weighted by molar-refractivity contribution is 0.0695. The highest BCUT2D eigenvalue weighted by molar-refractivity contribution is 5.88. The molecule has 2 rings (SSSR count). The summed E-state index contributed by atoms with van der Waals surface area (Å²) < 4.78 is 13.4. The quantitative estimate of drug-likeness (QED) is 0.875. The molecule has 0 atom stereocenters. The third-order valence-electron chi connectivity index (χ3n) is 2.85. The molecule has 1 heterocycles. The Morgan fingerprint density at radius 2 is 2.15 bits per heavy atom. The largest absolute Gasteiger partial charge is 0.478 e. The van der Waals surface area contributed by atoms with E-state index in [0.29, 0.717) is 30.2 Å². The number of halogens is 1. The maximum atomic E-state index is 13.4. The summed E-state index contributed by atoms with van der Waals surface area (Å²) in [6.45, 7) is 2.07. The smallest absolute Gasteiger partial charge is 0.339 e. The first-order valence-electron chi connectivity index (χ1n) is 6.12. The zero-order chi connectivity index (χ0) is 14.5. The van der Waals surface area contributed by atoms with Crippen LogP contribution in [0.15, 0.2) is 30.5 Å². The Kier molecular flexibility index (Phi) is 4.24. The Labute approximate surface area is 115 Å². The van der Waals surface area contributed by atoms with Crippen LogP contribution in [0.3, 0.4) is 0 Å². The molecule has 104 valence electrons. The summed E-state index contributed by atoms with van der Waals surface area (Å²) in [7, 11) is 0. The molecule has 2 N–H and O–H groups in total.